The second-order valence-electron chi connectivity index (χ2n) is 5.90. The summed E-state index contributed by atoms with van der Waals surface area (Å²) in [6, 6.07) is 7.40. The van der Waals surface area contributed by atoms with E-state index in [0.717, 1.165) is 35.8 Å². The number of carbonyl (C=O) groups excluding carboxylic acids is 2. The maximum Gasteiger partial charge on any atom is 0.348 e. The summed E-state index contributed by atoms with van der Waals surface area (Å²) in [6.45, 7) is 2.14. The number of rotatable bonds is 4. The number of ether oxygens (including phenoxy) is 1. The number of nitrogens with one attached hydrogen (secondary N) is 1. The molecular weight excluding hydrogens is 348 g/mol. The summed E-state index contributed by atoms with van der Waals surface area (Å²) in [5.74, 6) is -0.443. The molecule has 1 saturated carbocycles. The van der Waals surface area contributed by atoms with Gasteiger partial charge < -0.3 is 15.8 Å². The van der Waals surface area contributed by atoms with E-state index in [1.807, 2.05) is 18.2 Å². The van der Waals surface area contributed by atoms with Gasteiger partial charge >= 0.3 is 5.97 Å². The molecule has 0 saturated heterocycles. The Balaban J connectivity index is 0.00000208. The highest BCUT2D eigenvalue weighted by Gasteiger charge is 2.36. The van der Waals surface area contributed by atoms with Crippen LogP contribution in [0.25, 0.3) is 10.1 Å². The van der Waals surface area contributed by atoms with Gasteiger partial charge in [-0.15, -0.1) is 23.7 Å². The van der Waals surface area contributed by atoms with Gasteiger partial charge in [-0.3, -0.25) is 4.79 Å². The van der Waals surface area contributed by atoms with Gasteiger partial charge in [0.05, 0.1) is 12.1 Å². The molecular formula is C17H21ClN2O3S. The van der Waals surface area contributed by atoms with Crippen molar-refractivity contribution < 1.29 is 14.3 Å². The number of benzene rings is 1. The number of esters is 1. The lowest BCUT2D eigenvalue weighted by molar-refractivity contribution is -0.121. The minimum atomic E-state index is -0.750. The molecule has 0 radical (unpaired) electrons. The van der Waals surface area contributed by atoms with E-state index in [4.69, 9.17) is 10.5 Å². The predicted octanol–water partition coefficient (Wildman–Crippen LogP) is 3.71. The summed E-state index contributed by atoms with van der Waals surface area (Å²) in [6.07, 6.45) is 3.45. The van der Waals surface area contributed by atoms with Crippen LogP contribution in [0.5, 0.6) is 0 Å². The minimum Gasteiger partial charge on any atom is -0.462 e. The van der Waals surface area contributed by atoms with Crippen LogP contribution < -0.4 is 11.1 Å². The van der Waals surface area contributed by atoms with Crippen LogP contribution in [0.1, 0.15) is 42.3 Å². The fraction of sp³-hybridized carbons (Fsp3) is 0.412. The number of anilines is 1. The van der Waals surface area contributed by atoms with Crippen molar-refractivity contribution >= 4 is 51.4 Å². The fourth-order valence-electron chi connectivity index (χ4n) is 2.91. The second-order valence-corrected chi connectivity index (χ2v) is 6.98. The average Bonchev–Trinajstić information content (AvgIpc) is 3.14. The maximum absolute atomic E-state index is 12.4. The Bertz CT molecular complexity index is 753. The number of carbonyl (C=O) groups is 2. The fourth-order valence-corrected chi connectivity index (χ4v) is 3.85. The topological polar surface area (TPSA) is 81.4 Å². The van der Waals surface area contributed by atoms with E-state index in [0.29, 0.717) is 17.2 Å². The van der Waals surface area contributed by atoms with Crippen LogP contribution >= 0.6 is 23.7 Å². The third-order valence-electron chi connectivity index (χ3n) is 4.20. The van der Waals surface area contributed by atoms with Crippen LogP contribution in [-0.4, -0.2) is 24.0 Å². The van der Waals surface area contributed by atoms with Gasteiger partial charge in [0.1, 0.15) is 4.88 Å². The molecule has 7 heteroatoms. The number of hydrogen-bond donors (Lipinski definition) is 2. The molecule has 1 aromatic heterocycles. The molecule has 24 heavy (non-hydrogen) atoms. The number of fused-ring (bicyclic) bond motifs is 1. The standard InChI is InChI=1S/C17H20N2O3S.ClH/c1-2-22-15(20)14-10-11-9-12(5-6-13(11)23-14)19-16(21)17(18)7-3-4-8-17;/h5-6,9-10H,2-4,7-8,18H2,1H3,(H,19,21);1H. The largest absolute Gasteiger partial charge is 0.462 e. The molecule has 1 aromatic carbocycles. The first-order valence-electron chi connectivity index (χ1n) is 7.83. The normalized spacial score (nSPS) is 15.8. The summed E-state index contributed by atoms with van der Waals surface area (Å²) in [5.41, 5.74) is 6.12. The number of nitrogens with two attached hydrogens (primary N) is 1. The molecule has 2 aromatic rings. The van der Waals surface area contributed by atoms with E-state index in [9.17, 15) is 9.59 Å². The molecule has 3 rings (SSSR count). The monoisotopic (exact) mass is 368 g/mol. The van der Waals surface area contributed by atoms with Gasteiger partial charge in [0.15, 0.2) is 0 Å². The van der Waals surface area contributed by atoms with E-state index in [1.54, 1.807) is 13.0 Å². The van der Waals surface area contributed by atoms with E-state index in [-0.39, 0.29) is 24.3 Å². The predicted molar refractivity (Wildman–Crippen MR) is 99.0 cm³/mol. The van der Waals surface area contributed by atoms with Gasteiger partial charge in [-0.05, 0) is 49.4 Å². The first kappa shape index (κ1) is 18.7. The van der Waals surface area contributed by atoms with E-state index in [2.05, 4.69) is 5.32 Å². The van der Waals surface area contributed by atoms with Gasteiger partial charge in [0.2, 0.25) is 5.91 Å². The van der Waals surface area contributed by atoms with Gasteiger partial charge in [0.25, 0.3) is 0 Å². The minimum absolute atomic E-state index is 0. The lowest BCUT2D eigenvalue weighted by atomic mass is 9.98. The first-order valence-corrected chi connectivity index (χ1v) is 8.64. The number of halogens is 1. The van der Waals surface area contributed by atoms with Crippen molar-refractivity contribution in [3.05, 3.63) is 29.1 Å². The summed E-state index contributed by atoms with van der Waals surface area (Å²) >= 11 is 1.39. The van der Waals surface area contributed by atoms with Crippen molar-refractivity contribution in [1.29, 1.82) is 0 Å². The second kappa shape index (κ2) is 7.51. The quantitative estimate of drug-likeness (QED) is 0.806. The number of hydrogen-bond acceptors (Lipinski definition) is 5. The molecule has 1 amide bonds. The van der Waals surface area contributed by atoms with Crippen molar-refractivity contribution in [1.82, 2.24) is 0 Å². The lowest BCUT2D eigenvalue weighted by Crippen LogP contribution is -2.48. The Labute approximate surface area is 151 Å². The zero-order valence-electron chi connectivity index (χ0n) is 13.5. The van der Waals surface area contributed by atoms with Gasteiger partial charge in [0, 0.05) is 10.4 Å². The SMILES string of the molecule is CCOC(=O)c1cc2cc(NC(=O)C3(N)CCCC3)ccc2s1.Cl. The Morgan fingerprint density at radius 2 is 2.00 bits per heavy atom. The zero-order valence-corrected chi connectivity index (χ0v) is 15.1. The third kappa shape index (κ3) is 3.71. The van der Waals surface area contributed by atoms with Crippen molar-refractivity contribution in [3.8, 4) is 0 Å². The van der Waals surface area contributed by atoms with Crippen molar-refractivity contribution in [2.45, 2.75) is 38.1 Å². The number of amides is 1. The molecule has 0 aliphatic heterocycles. The smallest absolute Gasteiger partial charge is 0.348 e. The molecule has 1 heterocycles. The van der Waals surface area contributed by atoms with Crippen molar-refractivity contribution in [3.63, 3.8) is 0 Å². The highest BCUT2D eigenvalue weighted by Crippen LogP contribution is 2.31. The van der Waals surface area contributed by atoms with Gasteiger partial charge in [-0.1, -0.05) is 12.8 Å². The highest BCUT2D eigenvalue weighted by molar-refractivity contribution is 7.20. The van der Waals surface area contributed by atoms with Crippen molar-refractivity contribution in [2.24, 2.45) is 5.73 Å². The molecule has 130 valence electrons. The Hall–Kier alpha value is -1.63. The van der Waals surface area contributed by atoms with Crippen LogP contribution in [0.15, 0.2) is 24.3 Å². The first-order chi connectivity index (χ1) is 11.0. The zero-order chi connectivity index (χ0) is 16.4. The molecule has 0 atom stereocenters. The number of thiophene rings is 1. The molecule has 0 unspecified atom stereocenters. The lowest BCUT2D eigenvalue weighted by Gasteiger charge is -2.22. The molecule has 0 spiro atoms. The van der Waals surface area contributed by atoms with Gasteiger partial charge in [-0.2, -0.15) is 0 Å². The Morgan fingerprint density at radius 1 is 1.29 bits per heavy atom. The summed E-state index contributed by atoms with van der Waals surface area (Å²) in [7, 11) is 0. The Kier molecular flexibility index (Phi) is 5.85. The maximum atomic E-state index is 12.4. The van der Waals surface area contributed by atoms with E-state index >= 15 is 0 Å². The van der Waals surface area contributed by atoms with Gasteiger partial charge in [-0.25, -0.2) is 4.79 Å². The molecule has 1 aliphatic rings. The van der Waals surface area contributed by atoms with Crippen molar-refractivity contribution in [2.75, 3.05) is 11.9 Å². The third-order valence-corrected chi connectivity index (χ3v) is 5.29. The van der Waals surface area contributed by atoms with Crippen LogP contribution in [0.4, 0.5) is 5.69 Å². The highest BCUT2D eigenvalue weighted by atomic mass is 35.5. The van der Waals surface area contributed by atoms with Crippen LogP contribution in [0.2, 0.25) is 0 Å². The van der Waals surface area contributed by atoms with E-state index < -0.39 is 5.54 Å². The molecule has 3 N–H and O–H groups in total. The Morgan fingerprint density at radius 3 is 2.67 bits per heavy atom. The summed E-state index contributed by atoms with van der Waals surface area (Å²) < 4.78 is 6.00. The summed E-state index contributed by atoms with van der Waals surface area (Å²) in [5, 5.41) is 3.82. The molecule has 1 aliphatic carbocycles. The van der Waals surface area contributed by atoms with Crippen LogP contribution in [0, 0.1) is 0 Å². The molecule has 0 bridgehead atoms. The van der Waals surface area contributed by atoms with E-state index in [1.165, 1.54) is 11.3 Å². The molecule has 5 nitrogen and oxygen atoms in total. The van der Waals surface area contributed by atoms with Crippen LogP contribution in [0.3, 0.4) is 0 Å². The van der Waals surface area contributed by atoms with Crippen LogP contribution in [-0.2, 0) is 9.53 Å². The average molecular weight is 369 g/mol. The molecule has 1 fully saturated rings. The summed E-state index contributed by atoms with van der Waals surface area (Å²) in [4.78, 5) is 24.7.